The summed E-state index contributed by atoms with van der Waals surface area (Å²) in [4.78, 5) is 16.2. The van der Waals surface area contributed by atoms with E-state index in [2.05, 4.69) is 10.3 Å². The number of ether oxygens (including phenoxy) is 2. The van der Waals surface area contributed by atoms with Gasteiger partial charge in [-0.05, 0) is 36.4 Å². The Balaban J connectivity index is 1.56. The van der Waals surface area contributed by atoms with Crippen LogP contribution in [0.25, 0.3) is 0 Å². The molecule has 0 fully saturated rings. The maximum absolute atomic E-state index is 12.3. The van der Waals surface area contributed by atoms with Gasteiger partial charge >= 0.3 is 0 Å². The molecule has 0 aliphatic rings. The quantitative estimate of drug-likeness (QED) is 0.668. The first-order valence-corrected chi connectivity index (χ1v) is 7.94. The Morgan fingerprint density at radius 2 is 1.52 bits per heavy atom. The molecule has 3 aromatic rings. The first-order chi connectivity index (χ1) is 12.3. The van der Waals surface area contributed by atoms with E-state index in [1.807, 2.05) is 48.5 Å². The zero-order chi connectivity index (χ0) is 17.3. The standard InChI is InChI=1S/C20H18N2O3/c23-20(16-10-12-21-13-11-16)22-18-8-4-5-9-19(18)25-15-14-24-17-6-2-1-3-7-17/h1-13H,14-15H2,(H,22,23). The Hall–Kier alpha value is -3.34. The second kappa shape index (κ2) is 8.49. The number of hydrogen-bond donors (Lipinski definition) is 1. The van der Waals surface area contributed by atoms with E-state index < -0.39 is 0 Å². The third kappa shape index (κ3) is 4.81. The molecule has 5 heteroatoms. The van der Waals surface area contributed by atoms with Gasteiger partial charge in [0.25, 0.3) is 5.91 Å². The molecule has 0 unspecified atom stereocenters. The SMILES string of the molecule is O=C(Nc1ccccc1OCCOc1ccccc1)c1ccncc1. The van der Waals surface area contributed by atoms with Crippen molar-refractivity contribution in [3.8, 4) is 11.5 Å². The van der Waals surface area contributed by atoms with Gasteiger partial charge < -0.3 is 14.8 Å². The number of carbonyl (C=O) groups excluding carboxylic acids is 1. The first kappa shape index (κ1) is 16.5. The maximum atomic E-state index is 12.3. The summed E-state index contributed by atoms with van der Waals surface area (Å²) < 4.78 is 11.3. The Morgan fingerprint density at radius 3 is 2.32 bits per heavy atom. The number of nitrogens with zero attached hydrogens (tertiary/aromatic N) is 1. The second-order valence-electron chi connectivity index (χ2n) is 5.20. The zero-order valence-corrected chi connectivity index (χ0v) is 13.6. The molecule has 126 valence electrons. The Morgan fingerprint density at radius 1 is 0.840 bits per heavy atom. The number of benzene rings is 2. The predicted octanol–water partition coefficient (Wildman–Crippen LogP) is 3.79. The van der Waals surface area contributed by atoms with Gasteiger partial charge in [-0.2, -0.15) is 0 Å². The number of hydrogen-bond acceptors (Lipinski definition) is 4. The van der Waals surface area contributed by atoms with Gasteiger partial charge in [0.1, 0.15) is 24.7 Å². The Bertz CT molecular complexity index is 807. The highest BCUT2D eigenvalue weighted by Crippen LogP contribution is 2.24. The topological polar surface area (TPSA) is 60.5 Å². The molecule has 0 aliphatic carbocycles. The second-order valence-corrected chi connectivity index (χ2v) is 5.20. The van der Waals surface area contributed by atoms with E-state index in [1.54, 1.807) is 30.6 Å². The van der Waals surface area contributed by atoms with Crippen molar-refractivity contribution in [3.63, 3.8) is 0 Å². The molecule has 0 saturated carbocycles. The summed E-state index contributed by atoms with van der Waals surface area (Å²) in [7, 11) is 0. The molecule has 5 nitrogen and oxygen atoms in total. The molecule has 25 heavy (non-hydrogen) atoms. The van der Waals surface area contributed by atoms with Crippen molar-refractivity contribution in [2.75, 3.05) is 18.5 Å². The number of pyridine rings is 1. The van der Waals surface area contributed by atoms with E-state index in [1.165, 1.54) is 0 Å². The highest BCUT2D eigenvalue weighted by Gasteiger charge is 2.09. The van der Waals surface area contributed by atoms with Gasteiger partial charge in [0.05, 0.1) is 5.69 Å². The van der Waals surface area contributed by atoms with Crippen LogP contribution in [0.3, 0.4) is 0 Å². The summed E-state index contributed by atoms with van der Waals surface area (Å²) in [5, 5.41) is 2.85. The normalized spacial score (nSPS) is 10.1. The van der Waals surface area contributed by atoms with Crippen LogP contribution in [0.15, 0.2) is 79.1 Å². The molecule has 0 saturated heterocycles. The van der Waals surface area contributed by atoms with Crippen LogP contribution in [0.1, 0.15) is 10.4 Å². The average molecular weight is 334 g/mol. The molecule has 0 bridgehead atoms. The fourth-order valence-corrected chi connectivity index (χ4v) is 2.22. The fourth-order valence-electron chi connectivity index (χ4n) is 2.22. The van der Waals surface area contributed by atoms with Crippen LogP contribution in [-0.2, 0) is 0 Å². The lowest BCUT2D eigenvalue weighted by molar-refractivity contribution is 0.102. The molecule has 3 rings (SSSR count). The predicted molar refractivity (Wildman–Crippen MR) is 96.1 cm³/mol. The smallest absolute Gasteiger partial charge is 0.255 e. The summed E-state index contributed by atoms with van der Waals surface area (Å²) in [5.74, 6) is 1.19. The molecule has 0 aliphatic heterocycles. The zero-order valence-electron chi connectivity index (χ0n) is 13.6. The van der Waals surface area contributed by atoms with Gasteiger partial charge in [-0.1, -0.05) is 30.3 Å². The van der Waals surface area contributed by atoms with E-state index in [9.17, 15) is 4.79 Å². The lowest BCUT2D eigenvalue weighted by Gasteiger charge is -2.13. The molecule has 0 radical (unpaired) electrons. The van der Waals surface area contributed by atoms with Crippen molar-refractivity contribution < 1.29 is 14.3 Å². The van der Waals surface area contributed by atoms with Crippen molar-refractivity contribution in [3.05, 3.63) is 84.7 Å². The molecule has 1 amide bonds. The fraction of sp³-hybridized carbons (Fsp3) is 0.100. The summed E-state index contributed by atoms with van der Waals surface area (Å²) >= 11 is 0. The number of aromatic nitrogens is 1. The van der Waals surface area contributed by atoms with E-state index in [0.29, 0.717) is 30.2 Å². The van der Waals surface area contributed by atoms with Crippen molar-refractivity contribution in [1.29, 1.82) is 0 Å². The number of anilines is 1. The number of carbonyl (C=O) groups is 1. The average Bonchev–Trinajstić information content (AvgIpc) is 2.68. The van der Waals surface area contributed by atoms with Crippen LogP contribution >= 0.6 is 0 Å². The van der Waals surface area contributed by atoms with Crippen molar-refractivity contribution in [2.24, 2.45) is 0 Å². The lowest BCUT2D eigenvalue weighted by Crippen LogP contribution is -2.14. The molecular weight excluding hydrogens is 316 g/mol. The number of nitrogens with one attached hydrogen (secondary N) is 1. The lowest BCUT2D eigenvalue weighted by atomic mass is 10.2. The van der Waals surface area contributed by atoms with Crippen molar-refractivity contribution in [2.45, 2.75) is 0 Å². The van der Waals surface area contributed by atoms with E-state index in [4.69, 9.17) is 9.47 Å². The molecular formula is C20H18N2O3. The highest BCUT2D eigenvalue weighted by atomic mass is 16.5. The minimum atomic E-state index is -0.209. The summed E-state index contributed by atoms with van der Waals surface area (Å²) in [5.41, 5.74) is 1.15. The van der Waals surface area contributed by atoms with Gasteiger partial charge in [-0.15, -0.1) is 0 Å². The minimum Gasteiger partial charge on any atom is -0.490 e. The largest absolute Gasteiger partial charge is 0.490 e. The Labute approximate surface area is 146 Å². The van der Waals surface area contributed by atoms with Crippen LogP contribution in [0.4, 0.5) is 5.69 Å². The van der Waals surface area contributed by atoms with Crippen LogP contribution < -0.4 is 14.8 Å². The number of amides is 1. The minimum absolute atomic E-state index is 0.209. The van der Waals surface area contributed by atoms with Gasteiger partial charge in [-0.25, -0.2) is 0 Å². The van der Waals surface area contributed by atoms with Gasteiger partial charge in [0.2, 0.25) is 0 Å². The number of rotatable bonds is 7. The maximum Gasteiger partial charge on any atom is 0.255 e. The third-order valence-electron chi connectivity index (χ3n) is 3.43. The van der Waals surface area contributed by atoms with Crippen LogP contribution in [0.5, 0.6) is 11.5 Å². The van der Waals surface area contributed by atoms with Crippen LogP contribution in [0.2, 0.25) is 0 Å². The van der Waals surface area contributed by atoms with Crippen LogP contribution in [0, 0.1) is 0 Å². The van der Waals surface area contributed by atoms with E-state index in [-0.39, 0.29) is 5.91 Å². The summed E-state index contributed by atoms with van der Waals surface area (Å²) in [6.07, 6.45) is 3.16. The summed E-state index contributed by atoms with van der Waals surface area (Å²) in [6, 6.07) is 20.2. The molecule has 1 N–H and O–H groups in total. The van der Waals surface area contributed by atoms with Crippen molar-refractivity contribution >= 4 is 11.6 Å². The van der Waals surface area contributed by atoms with Gasteiger partial charge in [0, 0.05) is 18.0 Å². The van der Waals surface area contributed by atoms with Gasteiger partial charge in [0.15, 0.2) is 0 Å². The first-order valence-electron chi connectivity index (χ1n) is 7.94. The molecule has 1 heterocycles. The van der Waals surface area contributed by atoms with Gasteiger partial charge in [-0.3, -0.25) is 9.78 Å². The molecule has 2 aromatic carbocycles. The Kier molecular flexibility index (Phi) is 5.61. The molecule has 1 aromatic heterocycles. The van der Waals surface area contributed by atoms with Crippen molar-refractivity contribution in [1.82, 2.24) is 4.98 Å². The monoisotopic (exact) mass is 334 g/mol. The molecule has 0 spiro atoms. The van der Waals surface area contributed by atoms with E-state index in [0.717, 1.165) is 5.75 Å². The molecule has 0 atom stereocenters. The van der Waals surface area contributed by atoms with Crippen LogP contribution in [-0.4, -0.2) is 24.1 Å². The highest BCUT2D eigenvalue weighted by molar-refractivity contribution is 6.04. The third-order valence-corrected chi connectivity index (χ3v) is 3.43. The van der Waals surface area contributed by atoms with E-state index >= 15 is 0 Å². The summed E-state index contributed by atoms with van der Waals surface area (Å²) in [6.45, 7) is 0.785. The number of para-hydroxylation sites is 3.